The Labute approximate surface area is 108 Å². The van der Waals surface area contributed by atoms with E-state index in [9.17, 15) is 0 Å². The summed E-state index contributed by atoms with van der Waals surface area (Å²) in [6.45, 7) is 4.25. The van der Waals surface area contributed by atoms with Crippen LogP contribution in [0.15, 0.2) is 35.2 Å². The van der Waals surface area contributed by atoms with Crippen molar-refractivity contribution in [1.29, 1.82) is 0 Å². The summed E-state index contributed by atoms with van der Waals surface area (Å²) in [5.74, 6) is 0. The van der Waals surface area contributed by atoms with Crippen molar-refractivity contribution in [2.75, 3.05) is 0 Å². The molecule has 0 aliphatic carbocycles. The monoisotopic (exact) mass is 298 g/mol. The molecule has 0 fully saturated rings. The highest BCUT2D eigenvalue weighted by Crippen LogP contribution is 2.28. The van der Waals surface area contributed by atoms with Gasteiger partial charge < -0.3 is 4.57 Å². The molecule has 1 aromatic carbocycles. The van der Waals surface area contributed by atoms with Crippen LogP contribution in [0.4, 0.5) is 0 Å². The van der Waals surface area contributed by atoms with Crippen LogP contribution in [0.5, 0.6) is 0 Å². The quantitative estimate of drug-likeness (QED) is 0.795. The minimum Gasteiger partial charge on any atom is -0.316 e. The molecule has 0 saturated carbocycles. The van der Waals surface area contributed by atoms with Gasteiger partial charge in [-0.25, -0.2) is 4.98 Å². The van der Waals surface area contributed by atoms with Gasteiger partial charge in [-0.15, -0.1) is 0 Å². The van der Waals surface area contributed by atoms with E-state index in [0.717, 1.165) is 21.0 Å². The van der Waals surface area contributed by atoms with Gasteiger partial charge in [0.15, 0.2) is 4.73 Å². The van der Waals surface area contributed by atoms with E-state index in [1.54, 1.807) is 0 Å². The van der Waals surface area contributed by atoms with Crippen molar-refractivity contribution in [2.45, 2.75) is 19.9 Å². The topological polar surface area (TPSA) is 17.8 Å². The fourth-order valence-electron chi connectivity index (χ4n) is 1.69. The molecule has 4 heteroatoms. The lowest BCUT2D eigenvalue weighted by molar-refractivity contribution is 0.592. The summed E-state index contributed by atoms with van der Waals surface area (Å²) in [7, 11) is 0. The van der Waals surface area contributed by atoms with E-state index >= 15 is 0 Å². The SMILES string of the molecule is CC(C)n1c(-c2cccc(Cl)c2)cnc1Br. The molecule has 16 heavy (non-hydrogen) atoms. The Hall–Kier alpha value is -0.800. The first-order valence-electron chi connectivity index (χ1n) is 5.08. The molecule has 1 aromatic heterocycles. The van der Waals surface area contributed by atoms with Crippen LogP contribution in [-0.4, -0.2) is 9.55 Å². The first-order chi connectivity index (χ1) is 7.59. The zero-order chi connectivity index (χ0) is 11.7. The average Bonchev–Trinajstić information content (AvgIpc) is 2.60. The number of imidazole rings is 1. The maximum Gasteiger partial charge on any atom is 0.177 e. The van der Waals surface area contributed by atoms with Crippen molar-refractivity contribution in [3.8, 4) is 11.3 Å². The Balaban J connectivity index is 2.56. The third-order valence-corrected chi connectivity index (χ3v) is 3.21. The summed E-state index contributed by atoms with van der Waals surface area (Å²) >= 11 is 9.44. The lowest BCUT2D eigenvalue weighted by Gasteiger charge is -2.13. The highest BCUT2D eigenvalue weighted by Gasteiger charge is 2.12. The first kappa shape index (κ1) is 11.7. The minimum absolute atomic E-state index is 0.353. The number of nitrogens with zero attached hydrogens (tertiary/aromatic N) is 2. The van der Waals surface area contributed by atoms with E-state index in [1.807, 2.05) is 30.5 Å². The van der Waals surface area contributed by atoms with E-state index in [-0.39, 0.29) is 0 Å². The summed E-state index contributed by atoms with van der Waals surface area (Å²) in [4.78, 5) is 4.28. The fourth-order valence-corrected chi connectivity index (χ4v) is 2.58. The predicted molar refractivity (Wildman–Crippen MR) is 70.8 cm³/mol. The third-order valence-electron chi connectivity index (χ3n) is 2.39. The van der Waals surface area contributed by atoms with Crippen LogP contribution < -0.4 is 0 Å². The molecule has 0 atom stereocenters. The smallest absolute Gasteiger partial charge is 0.177 e. The van der Waals surface area contributed by atoms with Gasteiger partial charge in [-0.05, 0) is 41.9 Å². The van der Waals surface area contributed by atoms with Crippen LogP contribution in [-0.2, 0) is 0 Å². The molecule has 2 nitrogen and oxygen atoms in total. The molecule has 0 aliphatic rings. The largest absolute Gasteiger partial charge is 0.316 e. The summed E-state index contributed by atoms with van der Waals surface area (Å²) < 4.78 is 2.98. The molecule has 0 saturated heterocycles. The van der Waals surface area contributed by atoms with E-state index in [2.05, 4.69) is 39.3 Å². The molecule has 0 aliphatic heterocycles. The van der Waals surface area contributed by atoms with Crippen molar-refractivity contribution in [3.63, 3.8) is 0 Å². The number of hydrogen-bond donors (Lipinski definition) is 0. The second-order valence-electron chi connectivity index (χ2n) is 3.89. The van der Waals surface area contributed by atoms with Gasteiger partial charge in [-0.1, -0.05) is 23.7 Å². The van der Waals surface area contributed by atoms with Crippen LogP contribution in [0.2, 0.25) is 5.02 Å². The predicted octanol–water partition coefficient (Wildman–Crippen LogP) is 4.55. The fraction of sp³-hybridized carbons (Fsp3) is 0.250. The van der Waals surface area contributed by atoms with Crippen molar-refractivity contribution >= 4 is 27.5 Å². The normalized spacial score (nSPS) is 11.1. The van der Waals surface area contributed by atoms with Crippen LogP contribution in [0.3, 0.4) is 0 Å². The Morgan fingerprint density at radius 3 is 2.75 bits per heavy atom. The standard InChI is InChI=1S/C12H12BrClN2/c1-8(2)16-11(7-15-12(16)13)9-4-3-5-10(14)6-9/h3-8H,1-2H3. The van der Waals surface area contributed by atoms with E-state index in [1.165, 1.54) is 0 Å². The average molecular weight is 300 g/mol. The second kappa shape index (κ2) is 4.60. The zero-order valence-corrected chi connectivity index (χ0v) is 11.5. The van der Waals surface area contributed by atoms with Crippen molar-refractivity contribution in [1.82, 2.24) is 9.55 Å². The Morgan fingerprint density at radius 1 is 1.38 bits per heavy atom. The molecule has 2 aromatic rings. The number of benzene rings is 1. The third kappa shape index (κ3) is 2.15. The summed E-state index contributed by atoms with van der Waals surface area (Å²) in [6.07, 6.45) is 1.86. The number of rotatable bonds is 2. The van der Waals surface area contributed by atoms with Gasteiger partial charge in [0.25, 0.3) is 0 Å². The van der Waals surface area contributed by atoms with Crippen LogP contribution in [0.25, 0.3) is 11.3 Å². The molecule has 0 N–H and O–H groups in total. The van der Waals surface area contributed by atoms with Crippen molar-refractivity contribution in [3.05, 3.63) is 40.2 Å². The van der Waals surface area contributed by atoms with Gasteiger partial charge in [0, 0.05) is 16.6 Å². The zero-order valence-electron chi connectivity index (χ0n) is 9.11. The van der Waals surface area contributed by atoms with E-state index in [0.29, 0.717) is 6.04 Å². The summed E-state index contributed by atoms with van der Waals surface area (Å²) in [5, 5.41) is 0.741. The summed E-state index contributed by atoms with van der Waals surface area (Å²) in [6, 6.07) is 8.16. The van der Waals surface area contributed by atoms with Crippen LogP contribution in [0.1, 0.15) is 19.9 Å². The molecular formula is C12H12BrClN2. The van der Waals surface area contributed by atoms with Crippen LogP contribution >= 0.6 is 27.5 Å². The van der Waals surface area contributed by atoms with Gasteiger partial charge in [0.2, 0.25) is 0 Å². The maximum absolute atomic E-state index is 5.99. The molecule has 0 bridgehead atoms. The molecule has 0 radical (unpaired) electrons. The Kier molecular flexibility index (Phi) is 3.36. The van der Waals surface area contributed by atoms with Crippen LogP contribution in [0, 0.1) is 0 Å². The van der Waals surface area contributed by atoms with E-state index in [4.69, 9.17) is 11.6 Å². The van der Waals surface area contributed by atoms with Crippen molar-refractivity contribution in [2.24, 2.45) is 0 Å². The van der Waals surface area contributed by atoms with E-state index < -0.39 is 0 Å². The Morgan fingerprint density at radius 2 is 2.12 bits per heavy atom. The molecule has 0 amide bonds. The Bertz CT molecular complexity index is 505. The maximum atomic E-state index is 5.99. The van der Waals surface area contributed by atoms with Gasteiger partial charge in [0.1, 0.15) is 0 Å². The van der Waals surface area contributed by atoms with Gasteiger partial charge >= 0.3 is 0 Å². The highest BCUT2D eigenvalue weighted by molar-refractivity contribution is 9.10. The lowest BCUT2D eigenvalue weighted by Crippen LogP contribution is -2.02. The molecule has 2 rings (SSSR count). The molecule has 0 spiro atoms. The number of aromatic nitrogens is 2. The molecular weight excluding hydrogens is 288 g/mol. The molecule has 0 unspecified atom stereocenters. The highest BCUT2D eigenvalue weighted by atomic mass is 79.9. The molecule has 1 heterocycles. The lowest BCUT2D eigenvalue weighted by atomic mass is 10.1. The second-order valence-corrected chi connectivity index (χ2v) is 5.03. The first-order valence-corrected chi connectivity index (χ1v) is 6.25. The van der Waals surface area contributed by atoms with Gasteiger partial charge in [-0.2, -0.15) is 0 Å². The van der Waals surface area contributed by atoms with Crippen molar-refractivity contribution < 1.29 is 0 Å². The summed E-state index contributed by atoms with van der Waals surface area (Å²) in [5.41, 5.74) is 2.16. The minimum atomic E-state index is 0.353. The van der Waals surface area contributed by atoms with Gasteiger partial charge in [0.05, 0.1) is 11.9 Å². The number of hydrogen-bond acceptors (Lipinski definition) is 1. The molecule has 84 valence electrons. The number of halogens is 2. The van der Waals surface area contributed by atoms with Gasteiger partial charge in [-0.3, -0.25) is 0 Å².